The molecule has 0 aliphatic carbocycles. The first-order valence-corrected chi connectivity index (χ1v) is 6.82. The molecule has 1 unspecified atom stereocenters. The molecule has 0 aliphatic rings. The molecule has 2 heterocycles. The van der Waals surface area contributed by atoms with Gasteiger partial charge in [0.1, 0.15) is 0 Å². The van der Waals surface area contributed by atoms with Crippen molar-refractivity contribution in [3.05, 3.63) is 47.5 Å². The smallest absolute Gasteiger partial charge is 0.0596 e. The van der Waals surface area contributed by atoms with Gasteiger partial charge < -0.3 is 5.32 Å². The lowest BCUT2D eigenvalue weighted by atomic mass is 10.0. The van der Waals surface area contributed by atoms with Crippen molar-refractivity contribution in [3.63, 3.8) is 0 Å². The van der Waals surface area contributed by atoms with Crippen LogP contribution in [0.1, 0.15) is 23.9 Å². The normalized spacial score (nSPS) is 12.6. The Morgan fingerprint density at radius 3 is 2.63 bits per heavy atom. The number of nitrogens with one attached hydrogen (secondary N) is 1. The second-order valence-electron chi connectivity index (χ2n) is 4.84. The molecule has 4 heteroatoms. The summed E-state index contributed by atoms with van der Waals surface area (Å²) in [4.78, 5) is 4.06. The Bertz CT molecular complexity index is 504. The minimum absolute atomic E-state index is 0.420. The highest BCUT2D eigenvalue weighted by Crippen LogP contribution is 2.10. The van der Waals surface area contributed by atoms with Crippen molar-refractivity contribution in [2.24, 2.45) is 0 Å². The molecule has 102 valence electrons. The van der Waals surface area contributed by atoms with E-state index in [-0.39, 0.29) is 0 Å². The van der Waals surface area contributed by atoms with E-state index < -0.39 is 0 Å². The van der Waals surface area contributed by atoms with Crippen LogP contribution in [0.2, 0.25) is 0 Å². The van der Waals surface area contributed by atoms with Crippen LogP contribution in [0, 0.1) is 6.92 Å². The van der Waals surface area contributed by atoms with Gasteiger partial charge in [-0.15, -0.1) is 0 Å². The Morgan fingerprint density at radius 1 is 1.26 bits per heavy atom. The lowest BCUT2D eigenvalue weighted by Gasteiger charge is -2.16. The molecule has 19 heavy (non-hydrogen) atoms. The van der Waals surface area contributed by atoms with Crippen LogP contribution in [0.25, 0.3) is 0 Å². The molecule has 0 fully saturated rings. The van der Waals surface area contributed by atoms with Gasteiger partial charge >= 0.3 is 0 Å². The predicted molar refractivity (Wildman–Crippen MR) is 77.1 cm³/mol. The van der Waals surface area contributed by atoms with Crippen LogP contribution in [0.15, 0.2) is 30.6 Å². The maximum atomic E-state index is 4.50. The zero-order valence-electron chi connectivity index (χ0n) is 11.9. The molecule has 2 aromatic rings. The molecule has 2 aromatic heterocycles. The first-order chi connectivity index (χ1) is 9.22. The number of hydrogen-bond donors (Lipinski definition) is 1. The van der Waals surface area contributed by atoms with Gasteiger partial charge in [0, 0.05) is 37.1 Å². The second-order valence-corrected chi connectivity index (χ2v) is 4.84. The van der Waals surface area contributed by atoms with Gasteiger partial charge in [-0.1, -0.05) is 0 Å². The SMILES string of the molecule is CCn1nc(C)cc1CC(Cc1ccncc1)NC. The molecule has 0 saturated carbocycles. The summed E-state index contributed by atoms with van der Waals surface area (Å²) in [5.41, 5.74) is 3.71. The van der Waals surface area contributed by atoms with Gasteiger partial charge in [0.2, 0.25) is 0 Å². The van der Waals surface area contributed by atoms with Crippen molar-refractivity contribution < 1.29 is 0 Å². The first-order valence-electron chi connectivity index (χ1n) is 6.82. The highest BCUT2D eigenvalue weighted by molar-refractivity contribution is 5.15. The van der Waals surface area contributed by atoms with Crippen molar-refractivity contribution in [3.8, 4) is 0 Å². The Balaban J connectivity index is 2.06. The molecule has 0 radical (unpaired) electrons. The third-order valence-corrected chi connectivity index (χ3v) is 3.38. The number of rotatable bonds is 6. The highest BCUT2D eigenvalue weighted by Gasteiger charge is 2.12. The van der Waals surface area contributed by atoms with Crippen LogP contribution >= 0.6 is 0 Å². The average molecular weight is 258 g/mol. The Hall–Kier alpha value is -1.68. The van der Waals surface area contributed by atoms with Crippen molar-refractivity contribution in [2.75, 3.05) is 7.05 Å². The van der Waals surface area contributed by atoms with Gasteiger partial charge in [0.05, 0.1) is 5.69 Å². The van der Waals surface area contributed by atoms with E-state index in [1.165, 1.54) is 11.3 Å². The molecule has 1 N–H and O–H groups in total. The molecule has 0 amide bonds. The summed E-state index contributed by atoms with van der Waals surface area (Å²) in [6.45, 7) is 5.11. The largest absolute Gasteiger partial charge is 0.316 e. The van der Waals surface area contributed by atoms with Gasteiger partial charge in [0.25, 0.3) is 0 Å². The average Bonchev–Trinajstić information content (AvgIpc) is 2.79. The fourth-order valence-electron chi connectivity index (χ4n) is 2.37. The second kappa shape index (κ2) is 6.48. The molecule has 0 saturated heterocycles. The number of pyridine rings is 1. The third-order valence-electron chi connectivity index (χ3n) is 3.38. The van der Waals surface area contributed by atoms with E-state index in [1.54, 1.807) is 0 Å². The molecule has 4 nitrogen and oxygen atoms in total. The monoisotopic (exact) mass is 258 g/mol. The van der Waals surface area contributed by atoms with Gasteiger partial charge in [-0.25, -0.2) is 0 Å². The number of aryl methyl sites for hydroxylation is 2. The fraction of sp³-hybridized carbons (Fsp3) is 0.467. The molecule has 0 aliphatic heterocycles. The summed E-state index contributed by atoms with van der Waals surface area (Å²) in [5, 5.41) is 7.90. The quantitative estimate of drug-likeness (QED) is 0.861. The van der Waals surface area contributed by atoms with E-state index >= 15 is 0 Å². The van der Waals surface area contributed by atoms with Gasteiger partial charge in [-0.05, 0) is 51.1 Å². The minimum atomic E-state index is 0.420. The molecule has 1 atom stereocenters. The molecule has 0 spiro atoms. The minimum Gasteiger partial charge on any atom is -0.316 e. The van der Waals surface area contributed by atoms with Gasteiger partial charge in [0.15, 0.2) is 0 Å². The highest BCUT2D eigenvalue weighted by atomic mass is 15.3. The zero-order valence-corrected chi connectivity index (χ0v) is 11.9. The van der Waals surface area contributed by atoms with Crippen molar-refractivity contribution in [1.82, 2.24) is 20.1 Å². The summed E-state index contributed by atoms with van der Waals surface area (Å²) in [6.07, 6.45) is 5.70. The lowest BCUT2D eigenvalue weighted by molar-refractivity contribution is 0.520. The van der Waals surface area contributed by atoms with E-state index in [4.69, 9.17) is 0 Å². The number of nitrogens with zero attached hydrogens (tertiary/aromatic N) is 3. The maximum Gasteiger partial charge on any atom is 0.0596 e. The van der Waals surface area contributed by atoms with Crippen LogP contribution in [0.4, 0.5) is 0 Å². The number of aromatic nitrogens is 3. The van der Waals surface area contributed by atoms with Crippen LogP contribution in [0.5, 0.6) is 0 Å². The first kappa shape index (κ1) is 13.7. The van der Waals surface area contributed by atoms with Crippen molar-refractivity contribution in [1.29, 1.82) is 0 Å². The van der Waals surface area contributed by atoms with E-state index in [2.05, 4.69) is 45.2 Å². The maximum absolute atomic E-state index is 4.50. The van der Waals surface area contributed by atoms with Crippen LogP contribution in [-0.4, -0.2) is 27.9 Å². The molecule has 0 bridgehead atoms. The van der Waals surface area contributed by atoms with Crippen LogP contribution < -0.4 is 5.32 Å². The van der Waals surface area contributed by atoms with Crippen LogP contribution in [-0.2, 0) is 19.4 Å². The summed E-state index contributed by atoms with van der Waals surface area (Å²) in [6, 6.07) is 6.75. The van der Waals surface area contributed by atoms with E-state index in [0.717, 1.165) is 25.1 Å². The lowest BCUT2D eigenvalue weighted by Crippen LogP contribution is -2.30. The topological polar surface area (TPSA) is 42.7 Å². The zero-order chi connectivity index (χ0) is 13.7. The summed E-state index contributed by atoms with van der Waals surface area (Å²) in [7, 11) is 2.02. The third kappa shape index (κ3) is 3.64. The summed E-state index contributed by atoms with van der Waals surface area (Å²) in [5.74, 6) is 0. The Kier molecular flexibility index (Phi) is 4.68. The van der Waals surface area contributed by atoms with Gasteiger partial charge in [-0.2, -0.15) is 5.10 Å². The van der Waals surface area contributed by atoms with Crippen LogP contribution in [0.3, 0.4) is 0 Å². The standard InChI is InChI=1S/C15H22N4/c1-4-19-15(9-12(2)18-19)11-14(16-3)10-13-5-7-17-8-6-13/h5-9,14,16H,4,10-11H2,1-3H3. The van der Waals surface area contributed by atoms with Crippen molar-refractivity contribution >= 4 is 0 Å². The molecule has 0 aromatic carbocycles. The Morgan fingerprint density at radius 2 is 2.00 bits per heavy atom. The fourth-order valence-corrected chi connectivity index (χ4v) is 2.37. The van der Waals surface area contributed by atoms with Crippen molar-refractivity contribution in [2.45, 2.75) is 39.3 Å². The van der Waals surface area contributed by atoms with Gasteiger partial charge in [-0.3, -0.25) is 9.67 Å². The number of likely N-dealkylation sites (N-methyl/N-ethyl adjacent to an activating group) is 1. The van der Waals surface area contributed by atoms with E-state index in [9.17, 15) is 0 Å². The summed E-state index contributed by atoms with van der Waals surface area (Å²) < 4.78 is 2.09. The summed E-state index contributed by atoms with van der Waals surface area (Å²) >= 11 is 0. The van der Waals surface area contributed by atoms with E-state index in [1.807, 2.05) is 26.4 Å². The molecular formula is C15H22N4. The number of hydrogen-bond acceptors (Lipinski definition) is 3. The molecule has 2 rings (SSSR count). The molecular weight excluding hydrogens is 236 g/mol. The van der Waals surface area contributed by atoms with E-state index in [0.29, 0.717) is 6.04 Å². The predicted octanol–water partition coefficient (Wildman–Crippen LogP) is 1.98. The Labute approximate surface area is 114 Å².